The van der Waals surface area contributed by atoms with E-state index in [0.29, 0.717) is 24.4 Å². The van der Waals surface area contributed by atoms with Crippen LogP contribution < -0.4 is 10.1 Å². The standard InChI is InChI=1S/C19H22N4O2S.ClH/c1-13(20-3)10-18-22-19(25-23-18)9-6-15-4-7-17(8-5-15)24-11-16-12-26-14(2)21-16;/h4-9,12-13,20H,10-11H2,1-3H3;1H/b9-6+;. The van der Waals surface area contributed by atoms with E-state index in [1.54, 1.807) is 11.3 Å². The number of nitrogens with zero attached hydrogens (tertiary/aromatic N) is 3. The highest BCUT2D eigenvalue weighted by Crippen LogP contribution is 2.17. The van der Waals surface area contributed by atoms with Gasteiger partial charge in [-0.25, -0.2) is 4.98 Å². The normalized spacial score (nSPS) is 12.1. The molecule has 0 saturated carbocycles. The van der Waals surface area contributed by atoms with E-state index in [1.807, 2.05) is 55.8 Å². The van der Waals surface area contributed by atoms with Crippen LogP contribution in [0.5, 0.6) is 5.75 Å². The lowest BCUT2D eigenvalue weighted by molar-refractivity contribution is 0.302. The van der Waals surface area contributed by atoms with Crippen LogP contribution >= 0.6 is 23.7 Å². The minimum atomic E-state index is 0. The Morgan fingerprint density at radius 2 is 2.00 bits per heavy atom. The van der Waals surface area contributed by atoms with Gasteiger partial charge in [-0.05, 0) is 44.7 Å². The van der Waals surface area contributed by atoms with E-state index in [0.717, 1.165) is 28.4 Å². The van der Waals surface area contributed by atoms with E-state index >= 15 is 0 Å². The Balaban J connectivity index is 0.00000261. The Morgan fingerprint density at radius 3 is 2.67 bits per heavy atom. The quantitative estimate of drug-likeness (QED) is 0.605. The van der Waals surface area contributed by atoms with Gasteiger partial charge in [-0.2, -0.15) is 4.98 Å². The zero-order valence-electron chi connectivity index (χ0n) is 15.5. The van der Waals surface area contributed by atoms with Gasteiger partial charge >= 0.3 is 0 Å². The molecule has 0 radical (unpaired) electrons. The number of benzene rings is 1. The Morgan fingerprint density at radius 1 is 1.22 bits per heavy atom. The Labute approximate surface area is 169 Å². The van der Waals surface area contributed by atoms with Crippen molar-refractivity contribution < 1.29 is 9.26 Å². The van der Waals surface area contributed by atoms with Crippen LogP contribution in [0.4, 0.5) is 0 Å². The van der Waals surface area contributed by atoms with Crippen LogP contribution in [0, 0.1) is 6.92 Å². The van der Waals surface area contributed by atoms with E-state index in [-0.39, 0.29) is 12.4 Å². The highest BCUT2D eigenvalue weighted by molar-refractivity contribution is 7.09. The molecule has 144 valence electrons. The van der Waals surface area contributed by atoms with Crippen molar-refractivity contribution in [2.75, 3.05) is 7.05 Å². The van der Waals surface area contributed by atoms with Gasteiger partial charge in [-0.1, -0.05) is 17.3 Å². The lowest BCUT2D eigenvalue weighted by Gasteiger charge is -2.04. The maximum absolute atomic E-state index is 5.75. The van der Waals surface area contributed by atoms with Crippen LogP contribution in [0.25, 0.3) is 12.2 Å². The molecule has 0 aliphatic rings. The number of hydrogen-bond acceptors (Lipinski definition) is 7. The molecule has 8 heteroatoms. The second-order valence-electron chi connectivity index (χ2n) is 5.99. The second kappa shape index (κ2) is 10.2. The SMILES string of the molecule is CNC(C)Cc1noc(/C=C/c2ccc(OCc3csc(C)n3)cc2)n1.Cl. The van der Waals surface area contributed by atoms with E-state index in [4.69, 9.17) is 9.26 Å². The smallest absolute Gasteiger partial charge is 0.250 e. The monoisotopic (exact) mass is 406 g/mol. The molecule has 0 bridgehead atoms. The first kappa shape index (κ1) is 21.1. The number of aryl methyl sites for hydroxylation is 1. The maximum atomic E-state index is 5.75. The number of aromatic nitrogens is 3. The van der Waals surface area contributed by atoms with Gasteiger partial charge in [-0.3, -0.25) is 0 Å². The van der Waals surface area contributed by atoms with E-state index in [1.165, 1.54) is 0 Å². The molecule has 0 aliphatic carbocycles. The summed E-state index contributed by atoms with van der Waals surface area (Å²) >= 11 is 1.63. The number of rotatable bonds is 8. The molecular weight excluding hydrogens is 384 g/mol. The summed E-state index contributed by atoms with van der Waals surface area (Å²) in [4.78, 5) is 8.75. The van der Waals surface area contributed by atoms with E-state index in [2.05, 4.69) is 27.4 Å². The minimum absolute atomic E-state index is 0. The van der Waals surface area contributed by atoms with Gasteiger partial charge in [0, 0.05) is 23.9 Å². The molecule has 27 heavy (non-hydrogen) atoms. The molecule has 2 heterocycles. The van der Waals surface area contributed by atoms with Gasteiger partial charge in [0.05, 0.1) is 10.7 Å². The average molecular weight is 407 g/mol. The summed E-state index contributed by atoms with van der Waals surface area (Å²) in [5.41, 5.74) is 1.99. The summed E-state index contributed by atoms with van der Waals surface area (Å²) in [7, 11) is 1.91. The predicted molar refractivity (Wildman–Crippen MR) is 110 cm³/mol. The first-order chi connectivity index (χ1) is 12.6. The van der Waals surface area contributed by atoms with Crippen LogP contribution in [-0.2, 0) is 13.0 Å². The van der Waals surface area contributed by atoms with Crippen molar-refractivity contribution in [3.05, 3.63) is 57.6 Å². The highest BCUT2D eigenvalue weighted by Gasteiger charge is 2.07. The number of halogens is 1. The molecule has 2 aromatic heterocycles. The summed E-state index contributed by atoms with van der Waals surface area (Å²) in [5.74, 6) is 2.02. The largest absolute Gasteiger partial charge is 0.487 e. The van der Waals surface area contributed by atoms with Gasteiger partial charge in [-0.15, -0.1) is 23.7 Å². The molecule has 1 N–H and O–H groups in total. The summed E-state index contributed by atoms with van der Waals surface area (Å²) in [6.07, 6.45) is 4.49. The third-order valence-corrected chi connectivity index (χ3v) is 4.64. The maximum Gasteiger partial charge on any atom is 0.250 e. The topological polar surface area (TPSA) is 73.1 Å². The minimum Gasteiger partial charge on any atom is -0.487 e. The molecule has 3 aromatic rings. The third kappa shape index (κ3) is 6.46. The second-order valence-corrected chi connectivity index (χ2v) is 7.05. The van der Waals surface area contributed by atoms with Crippen LogP contribution in [0.3, 0.4) is 0 Å². The highest BCUT2D eigenvalue weighted by atomic mass is 35.5. The molecule has 0 fully saturated rings. The average Bonchev–Trinajstić information content (AvgIpc) is 3.27. The van der Waals surface area contributed by atoms with Crippen molar-refractivity contribution in [3.63, 3.8) is 0 Å². The van der Waals surface area contributed by atoms with Gasteiger partial charge < -0.3 is 14.6 Å². The molecular formula is C19H23ClN4O2S. The molecule has 1 aromatic carbocycles. The molecule has 0 saturated heterocycles. The number of likely N-dealkylation sites (N-methyl/N-ethyl adjacent to an activating group) is 1. The van der Waals surface area contributed by atoms with Gasteiger partial charge in [0.25, 0.3) is 5.89 Å². The summed E-state index contributed by atoms with van der Waals surface area (Å²) in [6, 6.07) is 8.15. The Bertz CT molecular complexity index is 861. The fraction of sp³-hybridized carbons (Fsp3) is 0.316. The van der Waals surface area contributed by atoms with Crippen molar-refractivity contribution in [3.8, 4) is 5.75 Å². The molecule has 1 atom stereocenters. The van der Waals surface area contributed by atoms with E-state index in [9.17, 15) is 0 Å². The van der Waals surface area contributed by atoms with Crippen molar-refractivity contribution in [2.24, 2.45) is 0 Å². The zero-order chi connectivity index (χ0) is 18.4. The molecule has 0 aliphatic heterocycles. The van der Waals surface area contributed by atoms with Gasteiger partial charge in [0.2, 0.25) is 0 Å². The number of nitrogens with one attached hydrogen (secondary N) is 1. The predicted octanol–water partition coefficient (Wildman–Crippen LogP) is 4.16. The fourth-order valence-electron chi connectivity index (χ4n) is 2.27. The van der Waals surface area contributed by atoms with Crippen molar-refractivity contribution in [2.45, 2.75) is 32.9 Å². The van der Waals surface area contributed by atoms with Gasteiger partial charge in [0.1, 0.15) is 12.4 Å². The Hall–Kier alpha value is -2.22. The molecule has 6 nitrogen and oxygen atoms in total. The van der Waals surface area contributed by atoms with Crippen LogP contribution in [0.15, 0.2) is 34.2 Å². The fourth-order valence-corrected chi connectivity index (χ4v) is 2.87. The first-order valence-electron chi connectivity index (χ1n) is 8.44. The van der Waals surface area contributed by atoms with E-state index < -0.39 is 0 Å². The first-order valence-corrected chi connectivity index (χ1v) is 9.32. The third-order valence-electron chi connectivity index (χ3n) is 3.82. The number of hydrogen-bond donors (Lipinski definition) is 1. The van der Waals surface area contributed by atoms with Crippen molar-refractivity contribution in [1.82, 2.24) is 20.4 Å². The number of thiazole rings is 1. The summed E-state index contributed by atoms with van der Waals surface area (Å²) < 4.78 is 11.0. The molecule has 0 spiro atoms. The lowest BCUT2D eigenvalue weighted by atomic mass is 10.2. The van der Waals surface area contributed by atoms with Crippen molar-refractivity contribution in [1.29, 1.82) is 0 Å². The van der Waals surface area contributed by atoms with Crippen LogP contribution in [-0.4, -0.2) is 28.2 Å². The molecule has 1 unspecified atom stereocenters. The lowest BCUT2D eigenvalue weighted by Crippen LogP contribution is -2.24. The Kier molecular flexibility index (Phi) is 7.97. The number of ether oxygens (including phenoxy) is 1. The van der Waals surface area contributed by atoms with Crippen LogP contribution in [0.2, 0.25) is 0 Å². The zero-order valence-corrected chi connectivity index (χ0v) is 17.1. The van der Waals surface area contributed by atoms with Crippen molar-refractivity contribution >= 4 is 35.9 Å². The summed E-state index contributed by atoms with van der Waals surface area (Å²) in [6.45, 7) is 4.54. The summed E-state index contributed by atoms with van der Waals surface area (Å²) in [5, 5.41) is 10.2. The van der Waals surface area contributed by atoms with Gasteiger partial charge in [0.15, 0.2) is 5.82 Å². The molecule has 3 rings (SSSR count). The molecule has 0 amide bonds. The van der Waals surface area contributed by atoms with Crippen LogP contribution in [0.1, 0.15) is 34.9 Å².